The van der Waals surface area contributed by atoms with Gasteiger partial charge in [0.15, 0.2) is 0 Å². The summed E-state index contributed by atoms with van der Waals surface area (Å²) in [5.41, 5.74) is 3.08. The van der Waals surface area contributed by atoms with E-state index in [1.165, 1.54) is 51.4 Å². The molecule has 3 nitrogen and oxygen atoms in total. The fourth-order valence-corrected chi connectivity index (χ4v) is 9.71. The predicted octanol–water partition coefficient (Wildman–Crippen LogP) is 10.3. The third-order valence-electron chi connectivity index (χ3n) is 11.6. The van der Waals surface area contributed by atoms with Gasteiger partial charge in [0, 0.05) is 17.1 Å². The molecule has 0 aromatic heterocycles. The van der Waals surface area contributed by atoms with Crippen LogP contribution < -0.4 is 5.32 Å². The minimum Gasteiger partial charge on any atom is -0.446 e. The van der Waals surface area contributed by atoms with Crippen molar-refractivity contribution in [1.29, 1.82) is 0 Å². The number of anilines is 1. The highest BCUT2D eigenvalue weighted by Gasteiger charge is 2.59. The summed E-state index contributed by atoms with van der Waals surface area (Å²) in [6.07, 6.45) is 16.3. The van der Waals surface area contributed by atoms with Gasteiger partial charge in [-0.2, -0.15) is 0 Å². The Morgan fingerprint density at radius 3 is 2.53 bits per heavy atom. The Morgan fingerprint density at radius 2 is 1.79 bits per heavy atom. The van der Waals surface area contributed by atoms with Crippen molar-refractivity contribution in [1.82, 2.24) is 0 Å². The summed E-state index contributed by atoms with van der Waals surface area (Å²) < 4.78 is 5.90. The lowest BCUT2D eigenvalue weighted by atomic mass is 9.47. The number of allylic oxidation sites excluding steroid dienone is 1. The largest absolute Gasteiger partial charge is 0.446 e. The molecule has 3 fully saturated rings. The molecular formula is C34H50ClNO2. The van der Waals surface area contributed by atoms with Crippen molar-refractivity contribution in [3.8, 4) is 0 Å². The van der Waals surface area contributed by atoms with Gasteiger partial charge in [-0.3, -0.25) is 5.32 Å². The van der Waals surface area contributed by atoms with Crippen LogP contribution in [0.4, 0.5) is 10.5 Å². The summed E-state index contributed by atoms with van der Waals surface area (Å²) >= 11 is 5.97. The Hall–Kier alpha value is -1.48. The van der Waals surface area contributed by atoms with Crippen LogP contribution in [0.3, 0.4) is 0 Å². The van der Waals surface area contributed by atoms with Crippen molar-refractivity contribution in [3.05, 3.63) is 40.9 Å². The number of hydrogen-bond donors (Lipinski definition) is 1. The summed E-state index contributed by atoms with van der Waals surface area (Å²) in [5.74, 6) is 5.10. The molecule has 1 amide bonds. The Balaban J connectivity index is 1.21. The van der Waals surface area contributed by atoms with Crippen LogP contribution in [0, 0.1) is 46.3 Å². The average Bonchev–Trinajstić information content (AvgIpc) is 3.23. The highest BCUT2D eigenvalue weighted by Crippen LogP contribution is 2.67. The van der Waals surface area contributed by atoms with Gasteiger partial charge in [0.2, 0.25) is 0 Å². The number of benzene rings is 1. The molecule has 0 unspecified atom stereocenters. The molecule has 38 heavy (non-hydrogen) atoms. The maximum atomic E-state index is 12.6. The van der Waals surface area contributed by atoms with Gasteiger partial charge in [0.25, 0.3) is 0 Å². The van der Waals surface area contributed by atoms with Gasteiger partial charge < -0.3 is 4.74 Å². The van der Waals surface area contributed by atoms with Gasteiger partial charge in [-0.25, -0.2) is 4.79 Å². The number of ether oxygens (including phenoxy) is 1. The number of rotatable bonds is 7. The van der Waals surface area contributed by atoms with E-state index in [9.17, 15) is 4.79 Å². The number of fused-ring (bicyclic) bond motifs is 5. The SMILES string of the molecule is CC(C)CCC[C@H](C)[C@@H]1CC[C@@H]2[C@H]3CC=C4C[C@@H](OC(=O)Nc5ccc(Cl)cc5)CC[C@]4(C)[C@@H]3CC[C@@]21C. The Bertz CT molecular complexity index is 1020. The number of halogens is 1. The Morgan fingerprint density at radius 1 is 1.03 bits per heavy atom. The summed E-state index contributed by atoms with van der Waals surface area (Å²) in [6, 6.07) is 7.17. The van der Waals surface area contributed by atoms with Gasteiger partial charge in [-0.15, -0.1) is 0 Å². The molecule has 4 aliphatic carbocycles. The molecule has 1 N–H and O–H groups in total. The summed E-state index contributed by atoms with van der Waals surface area (Å²) in [4.78, 5) is 12.6. The molecule has 210 valence electrons. The van der Waals surface area contributed by atoms with Crippen molar-refractivity contribution in [2.75, 3.05) is 5.32 Å². The smallest absolute Gasteiger partial charge is 0.411 e. The highest BCUT2D eigenvalue weighted by molar-refractivity contribution is 6.30. The Labute approximate surface area is 236 Å². The Kier molecular flexibility index (Phi) is 8.26. The first-order valence-corrected chi connectivity index (χ1v) is 15.9. The zero-order chi connectivity index (χ0) is 27.1. The van der Waals surface area contributed by atoms with E-state index in [0.717, 1.165) is 54.8 Å². The standard InChI is InChI=1S/C34H50ClNO2/c1-22(2)7-6-8-23(3)29-15-16-30-28-14-9-24-21-27(38-32(37)36-26-12-10-25(35)11-13-26)17-19-33(24,4)31(28)18-20-34(29,30)5/h9-13,22-23,27-31H,6-8,14-21H2,1-5H3,(H,36,37)/t23-,27-,28+,29-,30+,31+,33-,34+/m0/s1. The monoisotopic (exact) mass is 539 g/mol. The second-order valence-corrected chi connectivity index (χ2v) is 14.6. The van der Waals surface area contributed by atoms with E-state index in [4.69, 9.17) is 16.3 Å². The van der Waals surface area contributed by atoms with Crippen molar-refractivity contribution in [2.24, 2.45) is 46.3 Å². The van der Waals surface area contributed by atoms with Crippen molar-refractivity contribution < 1.29 is 9.53 Å². The van der Waals surface area contributed by atoms with Gasteiger partial charge in [0.1, 0.15) is 6.10 Å². The predicted molar refractivity (Wildman–Crippen MR) is 158 cm³/mol. The van der Waals surface area contributed by atoms with Crippen LogP contribution in [0.15, 0.2) is 35.9 Å². The number of nitrogens with one attached hydrogen (secondary N) is 1. The minimum atomic E-state index is -0.358. The molecule has 8 atom stereocenters. The van der Waals surface area contributed by atoms with E-state index in [0.29, 0.717) is 16.1 Å². The fraction of sp³-hybridized carbons (Fsp3) is 0.735. The third-order valence-corrected chi connectivity index (χ3v) is 11.9. The maximum Gasteiger partial charge on any atom is 0.411 e. The zero-order valence-electron chi connectivity index (χ0n) is 24.4. The van der Waals surface area contributed by atoms with E-state index in [-0.39, 0.29) is 17.6 Å². The summed E-state index contributed by atoms with van der Waals surface area (Å²) in [6.45, 7) is 12.5. The number of amides is 1. The molecule has 0 saturated heterocycles. The number of carbonyl (C=O) groups is 1. The molecular weight excluding hydrogens is 490 g/mol. The van der Waals surface area contributed by atoms with E-state index in [1.54, 1.807) is 17.7 Å². The first kappa shape index (κ1) is 28.1. The summed E-state index contributed by atoms with van der Waals surface area (Å²) in [7, 11) is 0. The lowest BCUT2D eigenvalue weighted by Crippen LogP contribution is -2.51. The van der Waals surface area contributed by atoms with Gasteiger partial charge >= 0.3 is 6.09 Å². The molecule has 5 rings (SSSR count). The highest BCUT2D eigenvalue weighted by atomic mass is 35.5. The van der Waals surface area contributed by atoms with E-state index < -0.39 is 0 Å². The van der Waals surface area contributed by atoms with Crippen molar-refractivity contribution in [2.45, 2.75) is 111 Å². The van der Waals surface area contributed by atoms with Crippen LogP contribution in [0.25, 0.3) is 0 Å². The lowest BCUT2D eigenvalue weighted by molar-refractivity contribution is -0.0577. The second kappa shape index (κ2) is 11.2. The van der Waals surface area contributed by atoms with Crippen molar-refractivity contribution >= 4 is 23.4 Å². The van der Waals surface area contributed by atoms with Gasteiger partial charge in [0.05, 0.1) is 0 Å². The molecule has 0 bridgehead atoms. The van der Waals surface area contributed by atoms with Gasteiger partial charge in [-0.1, -0.05) is 77.1 Å². The van der Waals surface area contributed by atoms with Crippen molar-refractivity contribution in [3.63, 3.8) is 0 Å². The zero-order valence-corrected chi connectivity index (χ0v) is 25.2. The van der Waals surface area contributed by atoms with E-state index in [2.05, 4.69) is 46.0 Å². The number of hydrogen-bond acceptors (Lipinski definition) is 2. The molecule has 0 aliphatic heterocycles. The van der Waals surface area contributed by atoms with Crippen LogP contribution in [-0.4, -0.2) is 12.2 Å². The van der Waals surface area contributed by atoms with Crippen LogP contribution in [0.5, 0.6) is 0 Å². The normalized spacial score (nSPS) is 37.0. The van der Waals surface area contributed by atoms with Crippen LogP contribution in [0.1, 0.15) is 105 Å². The van der Waals surface area contributed by atoms with Crippen LogP contribution in [0.2, 0.25) is 5.02 Å². The van der Waals surface area contributed by atoms with E-state index in [1.807, 2.05) is 12.1 Å². The first-order chi connectivity index (χ1) is 18.1. The first-order valence-electron chi connectivity index (χ1n) is 15.5. The fourth-order valence-electron chi connectivity index (χ4n) is 9.58. The van der Waals surface area contributed by atoms with Crippen LogP contribution >= 0.6 is 11.6 Å². The molecule has 0 radical (unpaired) electrons. The minimum absolute atomic E-state index is 0.0328. The summed E-state index contributed by atoms with van der Waals surface area (Å²) in [5, 5.41) is 3.52. The topological polar surface area (TPSA) is 38.3 Å². The lowest BCUT2D eigenvalue weighted by Gasteiger charge is -2.58. The second-order valence-electron chi connectivity index (χ2n) is 14.2. The quantitative estimate of drug-likeness (QED) is 0.350. The molecule has 0 heterocycles. The average molecular weight is 540 g/mol. The third kappa shape index (κ3) is 5.43. The maximum absolute atomic E-state index is 12.6. The molecule has 4 aliphatic rings. The number of carbonyl (C=O) groups excluding carboxylic acids is 1. The van der Waals surface area contributed by atoms with Gasteiger partial charge in [-0.05, 0) is 116 Å². The van der Waals surface area contributed by atoms with E-state index >= 15 is 0 Å². The molecule has 3 saturated carbocycles. The molecule has 0 spiro atoms. The molecule has 1 aromatic carbocycles. The molecule has 1 aromatic rings. The van der Waals surface area contributed by atoms with Crippen LogP contribution in [-0.2, 0) is 4.74 Å². The molecule has 4 heteroatoms.